The highest BCUT2D eigenvalue weighted by atomic mass is 16.4. The standard InChI is InChI=1S/C12H20N2O2/c1-6-14-9(3)10(8(2)13-14)7-12(4,5)11(15)16/h6-7H2,1-5H3,(H,15,16). The second kappa shape index (κ2) is 4.28. The Morgan fingerprint density at radius 3 is 2.38 bits per heavy atom. The highest BCUT2D eigenvalue weighted by Crippen LogP contribution is 2.26. The topological polar surface area (TPSA) is 55.1 Å². The first-order valence-corrected chi connectivity index (χ1v) is 5.56. The van der Waals surface area contributed by atoms with Gasteiger partial charge in [0.25, 0.3) is 0 Å². The Bertz CT molecular complexity index is 405. The van der Waals surface area contributed by atoms with E-state index in [4.69, 9.17) is 5.11 Å². The predicted octanol–water partition coefficient (Wildman–Crippen LogP) is 2.17. The van der Waals surface area contributed by atoms with Crippen molar-refractivity contribution in [3.63, 3.8) is 0 Å². The van der Waals surface area contributed by atoms with E-state index < -0.39 is 11.4 Å². The molecule has 0 saturated heterocycles. The highest BCUT2D eigenvalue weighted by molar-refractivity contribution is 5.74. The minimum Gasteiger partial charge on any atom is -0.481 e. The summed E-state index contributed by atoms with van der Waals surface area (Å²) < 4.78 is 1.92. The second-order valence-electron chi connectivity index (χ2n) is 4.83. The third-order valence-corrected chi connectivity index (χ3v) is 3.03. The van der Waals surface area contributed by atoms with Gasteiger partial charge < -0.3 is 5.11 Å². The first-order chi connectivity index (χ1) is 7.29. The summed E-state index contributed by atoms with van der Waals surface area (Å²) in [7, 11) is 0. The fourth-order valence-electron chi connectivity index (χ4n) is 1.82. The summed E-state index contributed by atoms with van der Waals surface area (Å²) in [4.78, 5) is 11.1. The van der Waals surface area contributed by atoms with Gasteiger partial charge in [-0.1, -0.05) is 0 Å². The lowest BCUT2D eigenvalue weighted by atomic mass is 9.85. The van der Waals surface area contributed by atoms with E-state index in [2.05, 4.69) is 5.10 Å². The summed E-state index contributed by atoms with van der Waals surface area (Å²) in [5.41, 5.74) is 2.34. The van der Waals surface area contributed by atoms with Gasteiger partial charge >= 0.3 is 5.97 Å². The first-order valence-electron chi connectivity index (χ1n) is 5.56. The number of aromatic nitrogens is 2. The maximum atomic E-state index is 11.1. The molecule has 0 fully saturated rings. The molecule has 0 spiro atoms. The molecule has 0 aliphatic heterocycles. The lowest BCUT2D eigenvalue weighted by molar-refractivity contribution is -0.146. The average molecular weight is 224 g/mol. The molecule has 1 aromatic rings. The van der Waals surface area contributed by atoms with Crippen molar-refractivity contribution in [1.29, 1.82) is 0 Å². The van der Waals surface area contributed by atoms with Crippen molar-refractivity contribution in [2.45, 2.75) is 47.6 Å². The number of nitrogens with zero attached hydrogens (tertiary/aromatic N) is 2. The highest BCUT2D eigenvalue weighted by Gasteiger charge is 2.29. The molecule has 1 N–H and O–H groups in total. The van der Waals surface area contributed by atoms with Crippen LogP contribution in [0.5, 0.6) is 0 Å². The van der Waals surface area contributed by atoms with Crippen LogP contribution in [0.4, 0.5) is 0 Å². The molecule has 0 unspecified atom stereocenters. The predicted molar refractivity (Wildman–Crippen MR) is 62.5 cm³/mol. The lowest BCUT2D eigenvalue weighted by Gasteiger charge is -2.19. The Balaban J connectivity index is 3.06. The summed E-state index contributed by atoms with van der Waals surface area (Å²) in [5, 5.41) is 13.5. The van der Waals surface area contributed by atoms with Crippen LogP contribution >= 0.6 is 0 Å². The number of rotatable bonds is 4. The van der Waals surface area contributed by atoms with Crippen LogP contribution in [0.3, 0.4) is 0 Å². The molecule has 0 radical (unpaired) electrons. The third-order valence-electron chi connectivity index (χ3n) is 3.03. The summed E-state index contributed by atoms with van der Waals surface area (Å²) in [6, 6.07) is 0. The van der Waals surface area contributed by atoms with Crippen molar-refractivity contribution >= 4 is 5.97 Å². The SMILES string of the molecule is CCn1nc(C)c(CC(C)(C)C(=O)O)c1C. The normalized spacial score (nSPS) is 11.8. The number of hydrogen-bond donors (Lipinski definition) is 1. The minimum absolute atomic E-state index is 0.528. The Hall–Kier alpha value is -1.32. The van der Waals surface area contributed by atoms with E-state index in [0.29, 0.717) is 6.42 Å². The number of aryl methyl sites for hydroxylation is 2. The molecule has 0 aromatic carbocycles. The molecule has 0 aliphatic rings. The zero-order chi connectivity index (χ0) is 12.5. The number of carboxylic acids is 1. The number of aliphatic carboxylic acids is 1. The van der Waals surface area contributed by atoms with Crippen LogP contribution in [0.25, 0.3) is 0 Å². The monoisotopic (exact) mass is 224 g/mol. The summed E-state index contributed by atoms with van der Waals surface area (Å²) >= 11 is 0. The van der Waals surface area contributed by atoms with Gasteiger partial charge in [-0.15, -0.1) is 0 Å². The van der Waals surface area contributed by atoms with Gasteiger partial charge in [0.2, 0.25) is 0 Å². The summed E-state index contributed by atoms with van der Waals surface area (Å²) in [6.07, 6.45) is 0.528. The van der Waals surface area contributed by atoms with E-state index >= 15 is 0 Å². The molecule has 90 valence electrons. The van der Waals surface area contributed by atoms with Crippen LogP contribution in [-0.2, 0) is 17.8 Å². The second-order valence-corrected chi connectivity index (χ2v) is 4.83. The van der Waals surface area contributed by atoms with E-state index in [9.17, 15) is 4.79 Å². The molecule has 4 nitrogen and oxygen atoms in total. The number of hydrogen-bond acceptors (Lipinski definition) is 2. The van der Waals surface area contributed by atoms with E-state index in [1.807, 2.05) is 25.5 Å². The molecule has 1 aromatic heterocycles. The summed E-state index contributed by atoms with van der Waals surface area (Å²) in [5.74, 6) is -0.768. The smallest absolute Gasteiger partial charge is 0.309 e. The van der Waals surface area contributed by atoms with Crippen LogP contribution in [0, 0.1) is 19.3 Å². The molecule has 1 rings (SSSR count). The molecule has 0 saturated carbocycles. The zero-order valence-corrected chi connectivity index (χ0v) is 10.7. The van der Waals surface area contributed by atoms with E-state index in [1.54, 1.807) is 13.8 Å². The van der Waals surface area contributed by atoms with Crippen molar-refractivity contribution in [1.82, 2.24) is 9.78 Å². The quantitative estimate of drug-likeness (QED) is 0.852. The minimum atomic E-state index is -0.768. The lowest BCUT2D eigenvalue weighted by Crippen LogP contribution is -2.26. The largest absolute Gasteiger partial charge is 0.481 e. The van der Waals surface area contributed by atoms with E-state index in [-0.39, 0.29) is 0 Å². The number of carboxylic acid groups (broad SMARTS) is 1. The van der Waals surface area contributed by atoms with Gasteiger partial charge in [0.05, 0.1) is 11.1 Å². The zero-order valence-electron chi connectivity index (χ0n) is 10.7. The average Bonchev–Trinajstić information content (AvgIpc) is 2.44. The van der Waals surface area contributed by atoms with Gasteiger partial charge in [0.1, 0.15) is 0 Å². The molecule has 16 heavy (non-hydrogen) atoms. The fourth-order valence-corrected chi connectivity index (χ4v) is 1.82. The van der Waals surface area contributed by atoms with Gasteiger partial charge in [-0.2, -0.15) is 5.10 Å². The third kappa shape index (κ3) is 2.26. The van der Waals surface area contributed by atoms with E-state index in [1.165, 1.54) is 0 Å². The molecule has 1 heterocycles. The maximum Gasteiger partial charge on any atom is 0.309 e. The Morgan fingerprint density at radius 2 is 2.00 bits per heavy atom. The Morgan fingerprint density at radius 1 is 1.44 bits per heavy atom. The van der Waals surface area contributed by atoms with Gasteiger partial charge in [-0.3, -0.25) is 9.48 Å². The number of carbonyl (C=O) groups is 1. The van der Waals surface area contributed by atoms with Gasteiger partial charge in [0.15, 0.2) is 0 Å². The van der Waals surface area contributed by atoms with Gasteiger partial charge in [-0.05, 0) is 46.6 Å². The molecule has 0 aliphatic carbocycles. The van der Waals surface area contributed by atoms with Crippen LogP contribution < -0.4 is 0 Å². The van der Waals surface area contributed by atoms with Crippen molar-refractivity contribution in [2.24, 2.45) is 5.41 Å². The van der Waals surface area contributed by atoms with Crippen molar-refractivity contribution in [2.75, 3.05) is 0 Å². The van der Waals surface area contributed by atoms with Crippen LogP contribution in [0.2, 0.25) is 0 Å². The molecular weight excluding hydrogens is 204 g/mol. The molecule has 0 bridgehead atoms. The maximum absolute atomic E-state index is 11.1. The molecule has 4 heteroatoms. The molecule has 0 atom stereocenters. The molecular formula is C12H20N2O2. The first kappa shape index (κ1) is 12.7. The summed E-state index contributed by atoms with van der Waals surface area (Å²) in [6.45, 7) is 10.3. The van der Waals surface area contributed by atoms with Crippen molar-refractivity contribution in [3.8, 4) is 0 Å². The Kier molecular flexibility index (Phi) is 3.41. The molecule has 0 amide bonds. The van der Waals surface area contributed by atoms with Crippen LogP contribution in [0.1, 0.15) is 37.7 Å². The van der Waals surface area contributed by atoms with Crippen molar-refractivity contribution in [3.05, 3.63) is 17.0 Å². The van der Waals surface area contributed by atoms with Crippen LogP contribution in [0.15, 0.2) is 0 Å². The van der Waals surface area contributed by atoms with Crippen LogP contribution in [-0.4, -0.2) is 20.9 Å². The van der Waals surface area contributed by atoms with E-state index in [0.717, 1.165) is 23.5 Å². The fraction of sp³-hybridized carbons (Fsp3) is 0.667. The van der Waals surface area contributed by atoms with Crippen molar-refractivity contribution < 1.29 is 9.90 Å². The van der Waals surface area contributed by atoms with Gasteiger partial charge in [0, 0.05) is 12.2 Å². The van der Waals surface area contributed by atoms with Gasteiger partial charge in [-0.25, -0.2) is 0 Å². The Labute approximate surface area is 96.3 Å².